The molecule has 0 heterocycles. The van der Waals surface area contributed by atoms with E-state index < -0.39 is 19.7 Å². The van der Waals surface area contributed by atoms with Crippen molar-refractivity contribution in [3.63, 3.8) is 0 Å². The van der Waals surface area contributed by atoms with Crippen molar-refractivity contribution >= 4 is 19.5 Å². The van der Waals surface area contributed by atoms with Crippen LogP contribution < -0.4 is 0 Å². The Morgan fingerprint density at radius 2 is 1.62 bits per heavy atom. The van der Waals surface area contributed by atoms with E-state index in [4.69, 9.17) is 19.3 Å². The Labute approximate surface area is 143 Å². The van der Waals surface area contributed by atoms with Gasteiger partial charge in [0, 0.05) is 6.08 Å². The van der Waals surface area contributed by atoms with E-state index in [0.717, 1.165) is 44.9 Å². The normalized spacial score (nSPS) is 12.5. The fourth-order valence-corrected chi connectivity index (χ4v) is 2.55. The molecule has 140 valence electrons. The van der Waals surface area contributed by atoms with Gasteiger partial charge < -0.3 is 19.3 Å². The zero-order valence-electron chi connectivity index (χ0n) is 14.3. The fraction of sp³-hybridized carbons (Fsp3) is 0.750. The summed E-state index contributed by atoms with van der Waals surface area (Å²) in [7, 11) is -4.32. The van der Waals surface area contributed by atoms with Crippen LogP contribution in [0.25, 0.3) is 0 Å². The molecule has 0 fully saturated rings. The molecule has 8 heteroatoms. The van der Waals surface area contributed by atoms with Crippen molar-refractivity contribution in [3.05, 3.63) is 12.7 Å². The van der Waals surface area contributed by atoms with Gasteiger partial charge in [-0.15, -0.1) is 0 Å². The highest BCUT2D eigenvalue weighted by molar-refractivity contribution is 7.52. The van der Waals surface area contributed by atoms with Crippen molar-refractivity contribution < 1.29 is 33.4 Å². The minimum Gasteiger partial charge on any atom is -0.465 e. The van der Waals surface area contributed by atoms with Gasteiger partial charge >= 0.3 is 19.5 Å². The van der Waals surface area contributed by atoms with Crippen molar-refractivity contribution in [1.29, 1.82) is 0 Å². The van der Waals surface area contributed by atoms with Crippen LogP contribution in [-0.4, -0.2) is 40.6 Å². The average molecular weight is 364 g/mol. The molecule has 0 aliphatic heterocycles. The molecule has 0 spiro atoms. The molecule has 0 aromatic rings. The summed E-state index contributed by atoms with van der Waals surface area (Å²) in [5.41, 5.74) is 0. The predicted octanol–water partition coefficient (Wildman–Crippen LogP) is 2.95. The van der Waals surface area contributed by atoms with E-state index >= 15 is 0 Å². The lowest BCUT2D eigenvalue weighted by atomic mass is 10.1. The molecule has 0 radical (unpaired) electrons. The van der Waals surface area contributed by atoms with E-state index in [-0.39, 0.29) is 18.7 Å². The average Bonchev–Trinajstić information content (AvgIpc) is 2.47. The number of esters is 2. The van der Waals surface area contributed by atoms with Crippen LogP contribution in [0.3, 0.4) is 0 Å². The highest BCUT2D eigenvalue weighted by Gasteiger charge is 2.19. The molecular formula is C16H29O7P. The standard InChI is InChI=1S/C16H29O7P/c1-3-15(17)23-14(2)11-9-7-5-4-6-8-10-12-22-16(18)13-24(19,20)21/h3,14H,1,4-13H2,2H3,(H2,19,20,21). The molecule has 1 unspecified atom stereocenters. The molecule has 0 saturated heterocycles. The molecule has 0 amide bonds. The Balaban J connectivity index is 3.37. The summed E-state index contributed by atoms with van der Waals surface area (Å²) in [6.07, 6.45) is 7.96. The quantitative estimate of drug-likeness (QED) is 0.211. The lowest BCUT2D eigenvalue weighted by Crippen LogP contribution is -2.12. The second-order valence-corrected chi connectivity index (χ2v) is 7.40. The van der Waals surface area contributed by atoms with Crippen molar-refractivity contribution in [2.24, 2.45) is 0 Å². The molecule has 0 rings (SSSR count). The van der Waals surface area contributed by atoms with E-state index in [0.29, 0.717) is 6.42 Å². The fourth-order valence-electron chi connectivity index (χ4n) is 2.12. The van der Waals surface area contributed by atoms with Gasteiger partial charge in [0.1, 0.15) is 6.16 Å². The van der Waals surface area contributed by atoms with Crippen LogP contribution in [0.15, 0.2) is 12.7 Å². The predicted molar refractivity (Wildman–Crippen MR) is 90.6 cm³/mol. The van der Waals surface area contributed by atoms with E-state index in [1.165, 1.54) is 6.08 Å². The third-order valence-electron chi connectivity index (χ3n) is 3.34. The summed E-state index contributed by atoms with van der Waals surface area (Å²) < 4.78 is 20.4. The highest BCUT2D eigenvalue weighted by atomic mass is 31.2. The molecule has 0 aliphatic carbocycles. The molecule has 0 aromatic carbocycles. The first-order chi connectivity index (χ1) is 11.2. The molecular weight excluding hydrogens is 335 g/mol. The first-order valence-corrected chi connectivity index (χ1v) is 10.1. The molecule has 7 nitrogen and oxygen atoms in total. The topological polar surface area (TPSA) is 110 Å². The Hall–Kier alpha value is -1.17. The molecule has 0 saturated carbocycles. The number of hydrogen-bond donors (Lipinski definition) is 2. The largest absolute Gasteiger partial charge is 0.465 e. The van der Waals surface area contributed by atoms with E-state index in [2.05, 4.69) is 6.58 Å². The Bertz CT molecular complexity index is 430. The summed E-state index contributed by atoms with van der Waals surface area (Å²) in [5.74, 6) is -1.24. The number of ether oxygens (including phenoxy) is 2. The van der Waals surface area contributed by atoms with Gasteiger partial charge in [0.05, 0.1) is 12.7 Å². The van der Waals surface area contributed by atoms with Crippen LogP contribution in [0.4, 0.5) is 0 Å². The van der Waals surface area contributed by atoms with Crippen LogP contribution in [0, 0.1) is 0 Å². The lowest BCUT2D eigenvalue weighted by molar-refractivity contribution is -0.142. The number of unbranched alkanes of at least 4 members (excludes halogenated alkanes) is 6. The smallest absolute Gasteiger partial charge is 0.336 e. The van der Waals surface area contributed by atoms with Gasteiger partial charge in [0.15, 0.2) is 0 Å². The van der Waals surface area contributed by atoms with Crippen molar-refractivity contribution in [3.8, 4) is 0 Å². The number of carbonyl (C=O) groups is 2. The zero-order valence-corrected chi connectivity index (χ0v) is 15.2. The van der Waals surface area contributed by atoms with Crippen molar-refractivity contribution in [2.45, 2.75) is 64.4 Å². The summed E-state index contributed by atoms with van der Waals surface area (Å²) >= 11 is 0. The molecule has 1 atom stereocenters. The summed E-state index contributed by atoms with van der Waals surface area (Å²) in [4.78, 5) is 39.2. The van der Waals surface area contributed by atoms with Crippen LogP contribution >= 0.6 is 7.60 Å². The van der Waals surface area contributed by atoms with Gasteiger partial charge in [-0.2, -0.15) is 0 Å². The van der Waals surface area contributed by atoms with Crippen LogP contribution in [0.5, 0.6) is 0 Å². The van der Waals surface area contributed by atoms with E-state index in [9.17, 15) is 14.2 Å². The highest BCUT2D eigenvalue weighted by Crippen LogP contribution is 2.33. The minimum absolute atomic E-state index is 0.0849. The van der Waals surface area contributed by atoms with Gasteiger partial charge in [0.25, 0.3) is 0 Å². The van der Waals surface area contributed by atoms with Crippen LogP contribution in [0.1, 0.15) is 58.3 Å². The lowest BCUT2D eigenvalue weighted by Gasteiger charge is -2.11. The van der Waals surface area contributed by atoms with E-state index in [1.54, 1.807) is 0 Å². The Morgan fingerprint density at radius 3 is 2.17 bits per heavy atom. The maximum absolute atomic E-state index is 11.1. The van der Waals surface area contributed by atoms with Crippen LogP contribution in [0.2, 0.25) is 0 Å². The number of rotatable bonds is 14. The summed E-state index contributed by atoms with van der Waals surface area (Å²) in [6.45, 7) is 5.42. The van der Waals surface area contributed by atoms with Crippen molar-refractivity contribution in [2.75, 3.05) is 12.8 Å². The Kier molecular flexibility index (Phi) is 12.5. The molecule has 2 N–H and O–H groups in total. The first kappa shape index (κ1) is 22.8. The maximum Gasteiger partial charge on any atom is 0.336 e. The molecule has 0 bridgehead atoms. The van der Waals surface area contributed by atoms with Gasteiger partial charge in [0.2, 0.25) is 0 Å². The molecule has 0 aromatic heterocycles. The van der Waals surface area contributed by atoms with Gasteiger partial charge in [-0.05, 0) is 26.2 Å². The van der Waals surface area contributed by atoms with Crippen molar-refractivity contribution in [1.82, 2.24) is 0 Å². The van der Waals surface area contributed by atoms with Gasteiger partial charge in [-0.3, -0.25) is 9.36 Å². The Morgan fingerprint density at radius 1 is 1.08 bits per heavy atom. The summed E-state index contributed by atoms with van der Waals surface area (Å²) in [5, 5.41) is 0. The second kappa shape index (κ2) is 13.2. The van der Waals surface area contributed by atoms with Crippen LogP contribution in [-0.2, 0) is 23.6 Å². The van der Waals surface area contributed by atoms with Gasteiger partial charge in [-0.1, -0.05) is 38.7 Å². The molecule has 0 aliphatic rings. The number of hydrogen-bond acceptors (Lipinski definition) is 5. The zero-order chi connectivity index (χ0) is 18.4. The monoisotopic (exact) mass is 364 g/mol. The first-order valence-electron chi connectivity index (χ1n) is 8.28. The summed E-state index contributed by atoms with van der Waals surface area (Å²) in [6, 6.07) is 0. The number of carbonyl (C=O) groups excluding carboxylic acids is 2. The van der Waals surface area contributed by atoms with E-state index in [1.807, 2.05) is 6.92 Å². The van der Waals surface area contributed by atoms with Gasteiger partial charge in [-0.25, -0.2) is 4.79 Å². The minimum atomic E-state index is -4.32. The third-order valence-corrected chi connectivity index (χ3v) is 4.01. The maximum atomic E-state index is 11.1. The molecule has 24 heavy (non-hydrogen) atoms. The third kappa shape index (κ3) is 15.7. The second-order valence-electron chi connectivity index (χ2n) is 5.76. The SMILES string of the molecule is C=CC(=O)OC(C)CCCCCCCCCOC(=O)CP(=O)(O)O.